The summed E-state index contributed by atoms with van der Waals surface area (Å²) in [6, 6.07) is 27.2. The van der Waals surface area contributed by atoms with Gasteiger partial charge in [0, 0.05) is 25.6 Å². The molecule has 180 valence electrons. The molecule has 3 aromatic rings. The molecule has 0 aliphatic heterocycles. The van der Waals surface area contributed by atoms with E-state index in [1.54, 1.807) is 24.3 Å². The molecule has 4 rings (SSSR count). The second-order valence-electron chi connectivity index (χ2n) is 9.22. The number of hydrogen-bond acceptors (Lipinski definition) is 5. The molecule has 3 atom stereocenters. The first-order valence-electron chi connectivity index (χ1n) is 11.9. The highest BCUT2D eigenvalue weighted by Gasteiger charge is 2.36. The van der Waals surface area contributed by atoms with Crippen LogP contribution in [-0.4, -0.2) is 37.2 Å². The summed E-state index contributed by atoms with van der Waals surface area (Å²) in [5.41, 5.74) is 3.39. The van der Waals surface area contributed by atoms with Crippen LogP contribution >= 0.6 is 0 Å². The highest BCUT2D eigenvalue weighted by molar-refractivity contribution is 7.86. The smallest absolute Gasteiger partial charge is 0.297 e. The van der Waals surface area contributed by atoms with Gasteiger partial charge in [0.25, 0.3) is 10.1 Å². The van der Waals surface area contributed by atoms with Crippen LogP contribution in [0.25, 0.3) is 0 Å². The van der Waals surface area contributed by atoms with Gasteiger partial charge in [-0.05, 0) is 43.0 Å². The summed E-state index contributed by atoms with van der Waals surface area (Å²) in [6.07, 6.45) is 0.606. The van der Waals surface area contributed by atoms with Crippen LogP contribution in [0, 0.1) is 12.8 Å². The van der Waals surface area contributed by atoms with Gasteiger partial charge in [0.2, 0.25) is 0 Å². The van der Waals surface area contributed by atoms with E-state index in [1.165, 1.54) is 11.1 Å². The average molecular weight is 480 g/mol. The quantitative estimate of drug-likeness (QED) is 0.441. The maximum absolute atomic E-state index is 12.8. The molecule has 0 bridgehead atoms. The van der Waals surface area contributed by atoms with Crippen molar-refractivity contribution in [3.63, 3.8) is 0 Å². The van der Waals surface area contributed by atoms with Crippen LogP contribution in [0.5, 0.6) is 0 Å². The van der Waals surface area contributed by atoms with Gasteiger partial charge in [-0.3, -0.25) is 9.08 Å². The number of nitrogens with zero attached hydrogens (tertiary/aromatic N) is 1. The van der Waals surface area contributed by atoms with Crippen LogP contribution in [0.15, 0.2) is 89.8 Å². The largest absolute Gasteiger partial charge is 0.390 e. The fourth-order valence-corrected chi connectivity index (χ4v) is 5.77. The lowest BCUT2D eigenvalue weighted by Crippen LogP contribution is -2.45. The first-order chi connectivity index (χ1) is 16.4. The number of benzene rings is 3. The minimum atomic E-state index is -3.93. The van der Waals surface area contributed by atoms with Crippen LogP contribution in [0.3, 0.4) is 0 Å². The second-order valence-corrected chi connectivity index (χ2v) is 10.8. The van der Waals surface area contributed by atoms with E-state index in [9.17, 15) is 13.5 Å². The molecule has 0 spiro atoms. The summed E-state index contributed by atoms with van der Waals surface area (Å²) >= 11 is 0. The molecule has 3 aromatic carbocycles. The summed E-state index contributed by atoms with van der Waals surface area (Å²) in [6.45, 7) is 4.08. The SMILES string of the molecule is Cc1ccc(S(=O)(=O)O[C@@H]2CCC[C@@H](CN(Cc3ccccc3)Cc3ccccc3)[C@H]2O)cc1. The molecule has 1 N–H and O–H groups in total. The zero-order chi connectivity index (χ0) is 24.0. The zero-order valence-corrected chi connectivity index (χ0v) is 20.4. The molecule has 1 aliphatic carbocycles. The third-order valence-electron chi connectivity index (χ3n) is 6.48. The van der Waals surface area contributed by atoms with Crippen LogP contribution in [0.1, 0.15) is 36.0 Å². The first kappa shape index (κ1) is 24.6. The maximum Gasteiger partial charge on any atom is 0.297 e. The van der Waals surface area contributed by atoms with Crippen molar-refractivity contribution < 1.29 is 17.7 Å². The van der Waals surface area contributed by atoms with Crippen molar-refractivity contribution in [3.8, 4) is 0 Å². The third-order valence-corrected chi connectivity index (χ3v) is 7.83. The van der Waals surface area contributed by atoms with Crippen molar-refractivity contribution in [2.45, 2.75) is 56.4 Å². The van der Waals surface area contributed by atoms with Crippen LogP contribution in [0.2, 0.25) is 0 Å². The lowest BCUT2D eigenvalue weighted by molar-refractivity contribution is -0.0395. The van der Waals surface area contributed by atoms with E-state index in [1.807, 2.05) is 43.3 Å². The molecule has 34 heavy (non-hydrogen) atoms. The molecule has 0 heterocycles. The lowest BCUT2D eigenvalue weighted by Gasteiger charge is -2.37. The summed E-state index contributed by atoms with van der Waals surface area (Å²) in [5.74, 6) is -0.0700. The van der Waals surface area contributed by atoms with Crippen LogP contribution in [0.4, 0.5) is 0 Å². The highest BCUT2D eigenvalue weighted by atomic mass is 32.2. The molecule has 0 unspecified atom stereocenters. The number of aliphatic hydroxyl groups excluding tert-OH is 1. The zero-order valence-electron chi connectivity index (χ0n) is 19.6. The van der Waals surface area contributed by atoms with Crippen LogP contribution in [-0.2, 0) is 27.4 Å². The third kappa shape index (κ3) is 6.54. The highest BCUT2D eigenvalue weighted by Crippen LogP contribution is 2.31. The molecule has 1 aliphatic rings. The number of hydrogen-bond donors (Lipinski definition) is 1. The van der Waals surface area contributed by atoms with E-state index in [0.717, 1.165) is 31.5 Å². The topological polar surface area (TPSA) is 66.8 Å². The summed E-state index contributed by atoms with van der Waals surface area (Å²) in [7, 11) is -3.93. The minimum Gasteiger partial charge on any atom is -0.390 e. The van der Waals surface area contributed by atoms with E-state index in [4.69, 9.17) is 4.18 Å². The fourth-order valence-electron chi connectivity index (χ4n) is 4.65. The molecule has 5 nitrogen and oxygen atoms in total. The number of aryl methyl sites for hydroxylation is 1. The van der Waals surface area contributed by atoms with Crippen molar-refractivity contribution in [1.29, 1.82) is 0 Å². The molecular formula is C28H33NO4S. The first-order valence-corrected chi connectivity index (χ1v) is 13.3. The molecule has 6 heteroatoms. The second kappa shape index (κ2) is 11.3. The minimum absolute atomic E-state index is 0.0700. The Balaban J connectivity index is 1.46. The van der Waals surface area contributed by atoms with Crippen LogP contribution < -0.4 is 0 Å². The summed E-state index contributed by atoms with van der Waals surface area (Å²) < 4.78 is 31.2. The Morgan fingerprint density at radius 3 is 1.97 bits per heavy atom. The van der Waals surface area contributed by atoms with Gasteiger partial charge in [-0.2, -0.15) is 8.42 Å². The van der Waals surface area contributed by atoms with E-state index < -0.39 is 22.3 Å². The molecule has 1 fully saturated rings. The molecule has 0 saturated heterocycles. The molecular weight excluding hydrogens is 446 g/mol. The van der Waals surface area contributed by atoms with E-state index in [-0.39, 0.29) is 10.8 Å². The summed E-state index contributed by atoms with van der Waals surface area (Å²) in [4.78, 5) is 2.46. The van der Waals surface area contributed by atoms with Gasteiger partial charge in [0.15, 0.2) is 0 Å². The lowest BCUT2D eigenvalue weighted by atomic mass is 9.84. The van der Waals surface area contributed by atoms with Gasteiger partial charge in [-0.1, -0.05) is 84.8 Å². The standard InChI is InChI=1S/C28H33NO4S/c1-22-15-17-26(18-16-22)34(31,32)33-27-14-8-13-25(28(27)30)21-29(19-23-9-4-2-5-10-23)20-24-11-6-3-7-12-24/h2-7,9-12,15-18,25,27-28,30H,8,13-14,19-21H2,1H3/t25-,27+,28+/m0/s1. The van der Waals surface area contributed by atoms with E-state index in [2.05, 4.69) is 29.2 Å². The van der Waals surface area contributed by atoms with Gasteiger partial charge in [-0.25, -0.2) is 0 Å². The van der Waals surface area contributed by atoms with Gasteiger partial charge < -0.3 is 5.11 Å². The average Bonchev–Trinajstić information content (AvgIpc) is 2.83. The predicted octanol–water partition coefficient (Wildman–Crippen LogP) is 4.93. The number of aliphatic hydroxyl groups is 1. The van der Waals surface area contributed by atoms with Crippen molar-refractivity contribution in [3.05, 3.63) is 102 Å². The Hall–Kier alpha value is -2.51. The Morgan fingerprint density at radius 2 is 1.41 bits per heavy atom. The molecule has 0 aromatic heterocycles. The normalized spacial score (nSPS) is 21.0. The Morgan fingerprint density at radius 1 is 0.853 bits per heavy atom. The van der Waals surface area contributed by atoms with Gasteiger partial charge in [-0.15, -0.1) is 0 Å². The Labute approximate surface area is 203 Å². The van der Waals surface area contributed by atoms with Crippen molar-refractivity contribution in [2.75, 3.05) is 6.54 Å². The van der Waals surface area contributed by atoms with Crippen molar-refractivity contribution in [1.82, 2.24) is 4.90 Å². The Kier molecular flexibility index (Phi) is 8.16. The molecule has 1 saturated carbocycles. The molecule has 0 amide bonds. The van der Waals surface area contributed by atoms with E-state index in [0.29, 0.717) is 13.0 Å². The fraction of sp³-hybridized carbons (Fsp3) is 0.357. The van der Waals surface area contributed by atoms with Gasteiger partial charge in [0.05, 0.1) is 11.0 Å². The van der Waals surface area contributed by atoms with Gasteiger partial charge >= 0.3 is 0 Å². The monoisotopic (exact) mass is 479 g/mol. The van der Waals surface area contributed by atoms with Crippen molar-refractivity contribution in [2.24, 2.45) is 5.92 Å². The maximum atomic E-state index is 12.8. The van der Waals surface area contributed by atoms with Crippen molar-refractivity contribution >= 4 is 10.1 Å². The molecule has 0 radical (unpaired) electrons. The Bertz CT molecular complexity index is 1090. The van der Waals surface area contributed by atoms with E-state index >= 15 is 0 Å². The predicted molar refractivity (Wildman–Crippen MR) is 134 cm³/mol. The summed E-state index contributed by atoms with van der Waals surface area (Å²) in [5, 5.41) is 11.1. The number of rotatable bonds is 9. The van der Waals surface area contributed by atoms with Gasteiger partial charge in [0.1, 0.15) is 6.10 Å².